The lowest BCUT2D eigenvalue weighted by Gasteiger charge is -2.32. The molecule has 6 nitrogen and oxygen atoms in total. The van der Waals surface area contributed by atoms with Crippen LogP contribution in [-0.4, -0.2) is 47.3 Å². The van der Waals surface area contributed by atoms with Crippen molar-refractivity contribution in [1.29, 1.82) is 0 Å². The fourth-order valence-corrected chi connectivity index (χ4v) is 3.90. The molecule has 3 heterocycles. The lowest BCUT2D eigenvalue weighted by atomic mass is 9.94. The number of carbonyl (C=O) groups is 1. The highest BCUT2D eigenvalue weighted by Gasteiger charge is 2.27. The second-order valence-electron chi connectivity index (χ2n) is 7.26. The van der Waals surface area contributed by atoms with Gasteiger partial charge in [-0.15, -0.1) is 0 Å². The molecule has 2 saturated heterocycles. The molecule has 26 heavy (non-hydrogen) atoms. The van der Waals surface area contributed by atoms with Gasteiger partial charge in [0.1, 0.15) is 0 Å². The lowest BCUT2D eigenvalue weighted by Crippen LogP contribution is -2.40. The first-order valence-electron chi connectivity index (χ1n) is 9.54. The van der Waals surface area contributed by atoms with Crippen LogP contribution in [0.3, 0.4) is 0 Å². The SMILES string of the molecule is O=C(c1ccccc1)N1CCCC(Cc2nc(C3CCOCC3)no2)C1. The van der Waals surface area contributed by atoms with Gasteiger partial charge in [-0.3, -0.25) is 4.79 Å². The molecule has 2 aliphatic heterocycles. The van der Waals surface area contributed by atoms with E-state index in [-0.39, 0.29) is 5.91 Å². The summed E-state index contributed by atoms with van der Waals surface area (Å²) in [6.07, 6.45) is 4.77. The normalized spacial score (nSPS) is 21.7. The topological polar surface area (TPSA) is 68.5 Å². The number of nitrogens with zero attached hydrogens (tertiary/aromatic N) is 3. The van der Waals surface area contributed by atoms with E-state index in [0.29, 0.717) is 17.7 Å². The minimum absolute atomic E-state index is 0.115. The number of amides is 1. The van der Waals surface area contributed by atoms with Crippen molar-refractivity contribution in [1.82, 2.24) is 15.0 Å². The summed E-state index contributed by atoms with van der Waals surface area (Å²) in [5, 5.41) is 4.18. The number of hydrogen-bond donors (Lipinski definition) is 0. The molecule has 4 rings (SSSR count). The van der Waals surface area contributed by atoms with Gasteiger partial charge < -0.3 is 14.2 Å². The number of piperidine rings is 1. The van der Waals surface area contributed by atoms with Gasteiger partial charge in [-0.25, -0.2) is 0 Å². The summed E-state index contributed by atoms with van der Waals surface area (Å²) in [5.74, 6) is 2.36. The Bertz CT molecular complexity index is 725. The number of hydrogen-bond acceptors (Lipinski definition) is 5. The van der Waals surface area contributed by atoms with Gasteiger partial charge >= 0.3 is 0 Å². The first kappa shape index (κ1) is 17.2. The van der Waals surface area contributed by atoms with Gasteiger partial charge in [0.05, 0.1) is 0 Å². The second-order valence-corrected chi connectivity index (χ2v) is 7.26. The zero-order valence-electron chi connectivity index (χ0n) is 15.0. The molecule has 0 saturated carbocycles. The van der Waals surface area contributed by atoms with E-state index in [0.717, 1.165) is 69.8 Å². The third kappa shape index (κ3) is 3.96. The van der Waals surface area contributed by atoms with Gasteiger partial charge in [-0.05, 0) is 43.7 Å². The molecule has 1 aromatic heterocycles. The summed E-state index contributed by atoms with van der Waals surface area (Å²) in [4.78, 5) is 19.2. The fourth-order valence-electron chi connectivity index (χ4n) is 3.90. The van der Waals surface area contributed by atoms with Gasteiger partial charge in [0.25, 0.3) is 5.91 Å². The van der Waals surface area contributed by atoms with E-state index in [1.807, 2.05) is 35.2 Å². The summed E-state index contributed by atoms with van der Waals surface area (Å²) in [6.45, 7) is 3.12. The maximum absolute atomic E-state index is 12.7. The van der Waals surface area contributed by atoms with Gasteiger partial charge in [0, 0.05) is 44.2 Å². The largest absolute Gasteiger partial charge is 0.381 e. The van der Waals surface area contributed by atoms with Crippen molar-refractivity contribution >= 4 is 5.91 Å². The van der Waals surface area contributed by atoms with Crippen LogP contribution in [-0.2, 0) is 11.2 Å². The van der Waals surface area contributed by atoms with Crippen molar-refractivity contribution in [3.05, 3.63) is 47.6 Å². The minimum atomic E-state index is 0.115. The highest BCUT2D eigenvalue weighted by Crippen LogP contribution is 2.26. The molecule has 1 unspecified atom stereocenters. The van der Waals surface area contributed by atoms with E-state index in [9.17, 15) is 4.79 Å². The first-order chi connectivity index (χ1) is 12.8. The van der Waals surface area contributed by atoms with Crippen LogP contribution < -0.4 is 0 Å². The van der Waals surface area contributed by atoms with Crippen molar-refractivity contribution in [3.8, 4) is 0 Å². The molecular formula is C20H25N3O3. The molecule has 2 aromatic rings. The van der Waals surface area contributed by atoms with Crippen molar-refractivity contribution in [2.45, 2.75) is 38.0 Å². The van der Waals surface area contributed by atoms with Crippen molar-refractivity contribution in [3.63, 3.8) is 0 Å². The lowest BCUT2D eigenvalue weighted by molar-refractivity contribution is 0.0668. The van der Waals surface area contributed by atoms with Crippen LogP contribution in [0.4, 0.5) is 0 Å². The molecule has 2 fully saturated rings. The molecule has 1 aromatic carbocycles. The Hall–Kier alpha value is -2.21. The van der Waals surface area contributed by atoms with Gasteiger partial charge in [0.2, 0.25) is 5.89 Å². The molecule has 0 radical (unpaired) electrons. The van der Waals surface area contributed by atoms with Crippen LogP contribution in [0.25, 0.3) is 0 Å². The molecular weight excluding hydrogens is 330 g/mol. The predicted molar refractivity (Wildman–Crippen MR) is 95.9 cm³/mol. The third-order valence-corrected chi connectivity index (χ3v) is 5.36. The smallest absolute Gasteiger partial charge is 0.253 e. The van der Waals surface area contributed by atoms with Crippen LogP contribution in [0.1, 0.15) is 53.7 Å². The Balaban J connectivity index is 1.36. The first-order valence-corrected chi connectivity index (χ1v) is 9.54. The molecule has 0 aliphatic carbocycles. The number of rotatable bonds is 4. The van der Waals surface area contributed by atoms with Crippen molar-refractivity contribution in [2.24, 2.45) is 5.92 Å². The molecule has 2 aliphatic rings. The van der Waals surface area contributed by atoms with E-state index in [1.165, 1.54) is 0 Å². The number of benzene rings is 1. The number of aromatic nitrogens is 2. The standard InChI is InChI=1S/C20H25N3O3/c24-20(17-6-2-1-3-7-17)23-10-4-5-15(14-23)13-18-21-19(22-26-18)16-8-11-25-12-9-16/h1-3,6-7,15-16H,4-5,8-14H2. The van der Waals surface area contributed by atoms with Crippen molar-refractivity contribution < 1.29 is 14.1 Å². The third-order valence-electron chi connectivity index (χ3n) is 5.36. The summed E-state index contributed by atoms with van der Waals surface area (Å²) in [6, 6.07) is 9.51. The van der Waals surface area contributed by atoms with E-state index < -0.39 is 0 Å². The summed E-state index contributed by atoms with van der Waals surface area (Å²) in [7, 11) is 0. The van der Waals surface area contributed by atoms with Crippen molar-refractivity contribution in [2.75, 3.05) is 26.3 Å². The zero-order chi connectivity index (χ0) is 17.8. The van der Waals surface area contributed by atoms with E-state index in [1.54, 1.807) is 0 Å². The highest BCUT2D eigenvalue weighted by molar-refractivity contribution is 5.94. The molecule has 1 amide bonds. The van der Waals surface area contributed by atoms with E-state index in [2.05, 4.69) is 10.1 Å². The Labute approximate surface area is 153 Å². The monoisotopic (exact) mass is 355 g/mol. The predicted octanol–water partition coefficient (Wildman–Crippen LogP) is 3.06. The van der Waals surface area contributed by atoms with Crippen LogP contribution in [0.2, 0.25) is 0 Å². The Kier molecular flexibility index (Phi) is 5.29. The Morgan fingerprint density at radius 3 is 2.77 bits per heavy atom. The molecule has 138 valence electrons. The highest BCUT2D eigenvalue weighted by atomic mass is 16.5. The quantitative estimate of drug-likeness (QED) is 0.843. The molecule has 0 bridgehead atoms. The average Bonchev–Trinajstić information content (AvgIpc) is 3.17. The summed E-state index contributed by atoms with van der Waals surface area (Å²) < 4.78 is 10.9. The number of carbonyl (C=O) groups excluding carboxylic acids is 1. The van der Waals surface area contributed by atoms with Crippen LogP contribution in [0.15, 0.2) is 34.9 Å². The molecule has 0 spiro atoms. The van der Waals surface area contributed by atoms with Crippen LogP contribution >= 0.6 is 0 Å². The number of likely N-dealkylation sites (tertiary alicyclic amines) is 1. The maximum Gasteiger partial charge on any atom is 0.253 e. The van der Waals surface area contributed by atoms with Gasteiger partial charge in [0.15, 0.2) is 5.82 Å². The maximum atomic E-state index is 12.7. The number of ether oxygens (including phenoxy) is 1. The van der Waals surface area contributed by atoms with E-state index in [4.69, 9.17) is 9.26 Å². The summed E-state index contributed by atoms with van der Waals surface area (Å²) >= 11 is 0. The molecule has 0 N–H and O–H groups in total. The zero-order valence-corrected chi connectivity index (χ0v) is 15.0. The minimum Gasteiger partial charge on any atom is -0.381 e. The van der Waals surface area contributed by atoms with Gasteiger partial charge in [-0.1, -0.05) is 23.4 Å². The van der Waals surface area contributed by atoms with E-state index >= 15 is 0 Å². The average molecular weight is 355 g/mol. The Morgan fingerprint density at radius 2 is 1.96 bits per heavy atom. The summed E-state index contributed by atoms with van der Waals surface area (Å²) in [5.41, 5.74) is 0.757. The second kappa shape index (κ2) is 7.99. The molecule has 6 heteroatoms. The van der Waals surface area contributed by atoms with Crippen LogP contribution in [0, 0.1) is 5.92 Å². The fraction of sp³-hybridized carbons (Fsp3) is 0.550. The van der Waals surface area contributed by atoms with Gasteiger partial charge in [-0.2, -0.15) is 4.98 Å². The van der Waals surface area contributed by atoms with Crippen LogP contribution in [0.5, 0.6) is 0 Å². The Morgan fingerprint density at radius 1 is 1.15 bits per heavy atom. The molecule has 1 atom stereocenters.